The molecule has 4 heterocycles. The lowest BCUT2D eigenvalue weighted by molar-refractivity contribution is -0.192. The van der Waals surface area contributed by atoms with E-state index < -0.39 is 49.4 Å². The molecule has 2 aromatic heterocycles. The number of nitrogens with zero attached hydrogens (tertiary/aromatic N) is 3. The van der Waals surface area contributed by atoms with Crippen LogP contribution in [0.1, 0.15) is 11.8 Å². The van der Waals surface area contributed by atoms with Gasteiger partial charge in [-0.3, -0.25) is 23.4 Å². The Morgan fingerprint density at radius 1 is 1.44 bits per heavy atom. The number of nitrogens with two attached hydrogens (primary N) is 1. The van der Waals surface area contributed by atoms with E-state index in [4.69, 9.17) is 35.8 Å². The summed E-state index contributed by atoms with van der Waals surface area (Å²) in [4.78, 5) is 21.9. The molecule has 1 fully saturated rings. The van der Waals surface area contributed by atoms with Crippen LogP contribution in [0.5, 0.6) is 5.75 Å². The minimum Gasteiger partial charge on any atom is -0.424 e. The normalized spacial score (nSPS) is 31.0. The van der Waals surface area contributed by atoms with Crippen LogP contribution in [-0.2, 0) is 32.2 Å². The molecule has 5 unspecified atom stereocenters. The molecule has 0 aliphatic carbocycles. The van der Waals surface area contributed by atoms with Gasteiger partial charge in [0.2, 0.25) is 5.95 Å². The highest BCUT2D eigenvalue weighted by Gasteiger charge is 2.62. The molecule has 1 saturated heterocycles. The highest BCUT2D eigenvalue weighted by Crippen LogP contribution is 2.56. The van der Waals surface area contributed by atoms with E-state index in [1.54, 1.807) is 24.3 Å². The molecule has 182 valence electrons. The van der Waals surface area contributed by atoms with Crippen molar-refractivity contribution in [3.05, 3.63) is 46.5 Å². The molecule has 34 heavy (non-hydrogen) atoms. The Morgan fingerprint density at radius 2 is 2.21 bits per heavy atom. The molecular weight excluding hydrogens is 502 g/mol. The second-order valence-electron chi connectivity index (χ2n) is 7.62. The Morgan fingerprint density at radius 3 is 2.97 bits per heavy atom. The quantitative estimate of drug-likeness (QED) is 0.426. The molecule has 5 rings (SSSR count). The topological polar surface area (TPSA) is 147 Å². The predicted octanol–water partition coefficient (Wildman–Crippen LogP) is 1.78. The number of anilines is 1. The zero-order valence-corrected chi connectivity index (χ0v) is 18.7. The van der Waals surface area contributed by atoms with Crippen LogP contribution in [0.15, 0.2) is 35.4 Å². The van der Waals surface area contributed by atoms with Gasteiger partial charge < -0.3 is 20.1 Å². The lowest BCUT2D eigenvalue weighted by atomic mass is 9.97. The van der Waals surface area contributed by atoms with Crippen molar-refractivity contribution in [2.75, 3.05) is 12.3 Å². The van der Waals surface area contributed by atoms with Crippen molar-refractivity contribution < 1.29 is 36.6 Å². The maximum absolute atomic E-state index is 15.2. The largest absolute Gasteiger partial charge is 0.424 e. The smallest absolute Gasteiger partial charge is 0.381 e. The van der Waals surface area contributed by atoms with Gasteiger partial charge in [-0.05, 0) is 6.07 Å². The van der Waals surface area contributed by atoms with Crippen molar-refractivity contribution in [2.45, 2.75) is 37.1 Å². The molecule has 0 saturated carbocycles. The number of aromatic amines is 1. The number of hydrogen-bond acceptors (Lipinski definition) is 10. The molecule has 4 N–H and O–H groups in total. The number of nitrogen functional groups attached to an aromatic ring is 1. The number of benzene rings is 1. The summed E-state index contributed by atoms with van der Waals surface area (Å²) in [5.41, 5.74) is 2.23. The van der Waals surface area contributed by atoms with Crippen molar-refractivity contribution in [3.8, 4) is 5.75 Å². The SMILES string of the molecule is Nc1nc2c(ncn2C2OC(COP3(=S)OCc4ccccc4O3)(C(F)F)C(O)C2F)c(=O)[nH]1. The molecule has 3 aromatic rings. The number of halogens is 3. The predicted molar refractivity (Wildman–Crippen MR) is 114 cm³/mol. The highest BCUT2D eigenvalue weighted by molar-refractivity contribution is 8.07. The van der Waals surface area contributed by atoms with Gasteiger partial charge in [-0.1, -0.05) is 18.2 Å². The molecule has 0 spiro atoms. The average Bonchev–Trinajstić information content (AvgIpc) is 3.32. The van der Waals surface area contributed by atoms with Crippen LogP contribution in [0.2, 0.25) is 0 Å². The number of ether oxygens (including phenoxy) is 1. The van der Waals surface area contributed by atoms with E-state index in [1.807, 2.05) is 0 Å². The van der Waals surface area contributed by atoms with E-state index in [2.05, 4.69) is 15.0 Å². The van der Waals surface area contributed by atoms with E-state index in [0.29, 0.717) is 11.3 Å². The fourth-order valence-corrected chi connectivity index (χ4v) is 5.55. The first kappa shape index (κ1) is 23.2. The minimum absolute atomic E-state index is 0.0234. The molecule has 1 aromatic carbocycles. The summed E-state index contributed by atoms with van der Waals surface area (Å²) in [7, 11) is 0. The molecule has 2 aliphatic heterocycles. The fourth-order valence-electron chi connectivity index (χ4n) is 3.74. The third-order valence-electron chi connectivity index (χ3n) is 5.52. The number of imidazole rings is 1. The first-order valence-corrected chi connectivity index (χ1v) is 12.4. The van der Waals surface area contributed by atoms with Gasteiger partial charge in [-0.15, -0.1) is 0 Å². The Kier molecular flexibility index (Phi) is 5.66. The fraction of sp³-hybridized carbons (Fsp3) is 0.389. The van der Waals surface area contributed by atoms with Crippen molar-refractivity contribution in [3.63, 3.8) is 0 Å². The van der Waals surface area contributed by atoms with E-state index in [0.717, 1.165) is 10.9 Å². The molecular formula is C18H17F3N5O6PS. The van der Waals surface area contributed by atoms with Crippen LogP contribution in [0.4, 0.5) is 19.1 Å². The molecule has 11 nitrogen and oxygen atoms in total. The van der Waals surface area contributed by atoms with Gasteiger partial charge in [0.1, 0.15) is 11.9 Å². The van der Waals surface area contributed by atoms with Crippen molar-refractivity contribution in [1.82, 2.24) is 19.5 Å². The van der Waals surface area contributed by atoms with Crippen LogP contribution >= 0.6 is 6.72 Å². The van der Waals surface area contributed by atoms with Crippen LogP contribution in [-0.4, -0.2) is 55.5 Å². The average molecular weight is 519 g/mol. The van der Waals surface area contributed by atoms with E-state index >= 15 is 4.39 Å². The monoisotopic (exact) mass is 519 g/mol. The maximum Gasteiger partial charge on any atom is 0.381 e. The Bertz CT molecular complexity index is 1360. The van der Waals surface area contributed by atoms with Gasteiger partial charge in [0, 0.05) is 17.4 Å². The minimum atomic E-state index is -3.57. The summed E-state index contributed by atoms with van der Waals surface area (Å²) in [5.74, 6) is 0.0671. The Balaban J connectivity index is 1.43. The van der Waals surface area contributed by atoms with Crippen molar-refractivity contribution in [2.24, 2.45) is 0 Å². The number of aliphatic hydroxyl groups excluding tert-OH is 1. The lowest BCUT2D eigenvalue weighted by Gasteiger charge is -2.34. The highest BCUT2D eigenvalue weighted by atomic mass is 32.5. The number of alkyl halides is 3. The lowest BCUT2D eigenvalue weighted by Crippen LogP contribution is -2.52. The number of nitrogens with one attached hydrogen (secondary N) is 1. The number of H-pyrrole nitrogens is 1. The van der Waals surface area contributed by atoms with Gasteiger partial charge in [-0.2, -0.15) is 4.98 Å². The number of rotatable bonds is 5. The molecule has 0 radical (unpaired) electrons. The number of fused-ring (bicyclic) bond motifs is 2. The summed E-state index contributed by atoms with van der Waals surface area (Å²) < 4.78 is 66.4. The zero-order valence-electron chi connectivity index (χ0n) is 17.0. The number of para-hydroxylation sites is 1. The van der Waals surface area contributed by atoms with Gasteiger partial charge in [0.05, 0.1) is 19.5 Å². The number of aliphatic hydroxyl groups is 1. The summed E-state index contributed by atoms with van der Waals surface area (Å²) in [6, 6.07) is 6.80. The van der Waals surface area contributed by atoms with Crippen molar-refractivity contribution in [1.29, 1.82) is 0 Å². The standard InChI is InChI=1S/C18H17F3N5O6PS/c19-10-12(27)18(16(20)21,6-30-33(34)29-5-8-3-1-2-4-9(8)32-33)31-15(10)26-7-23-11-13(26)24-17(22)25-14(11)28/h1-4,7,10,12,15-16,27H,5-6H2,(H3,22,24,25,28). The Labute approximate surface area is 193 Å². The summed E-state index contributed by atoms with van der Waals surface area (Å²) in [5, 5.41) is 10.5. The maximum atomic E-state index is 15.2. The molecule has 5 atom stereocenters. The first-order valence-electron chi connectivity index (χ1n) is 9.80. The van der Waals surface area contributed by atoms with E-state index in [9.17, 15) is 18.7 Å². The van der Waals surface area contributed by atoms with Crippen LogP contribution in [0.25, 0.3) is 11.2 Å². The van der Waals surface area contributed by atoms with E-state index in [-0.39, 0.29) is 23.7 Å². The van der Waals surface area contributed by atoms with Crippen LogP contribution < -0.4 is 15.8 Å². The zero-order chi connectivity index (χ0) is 24.3. The van der Waals surface area contributed by atoms with Crippen LogP contribution in [0.3, 0.4) is 0 Å². The van der Waals surface area contributed by atoms with Gasteiger partial charge >= 0.3 is 6.72 Å². The molecule has 0 bridgehead atoms. The molecule has 2 aliphatic rings. The summed E-state index contributed by atoms with van der Waals surface area (Å²) in [6.07, 6.45) is -8.95. The van der Waals surface area contributed by atoms with Crippen LogP contribution in [0, 0.1) is 0 Å². The van der Waals surface area contributed by atoms with Gasteiger partial charge in [-0.25, -0.2) is 18.2 Å². The number of aromatic nitrogens is 4. The summed E-state index contributed by atoms with van der Waals surface area (Å²) >= 11 is 5.26. The molecule has 16 heteroatoms. The second-order valence-corrected chi connectivity index (χ2v) is 10.6. The Hall–Kier alpha value is -2.55. The number of hydrogen-bond donors (Lipinski definition) is 3. The van der Waals surface area contributed by atoms with E-state index in [1.165, 1.54) is 0 Å². The molecule has 0 amide bonds. The third-order valence-corrected chi connectivity index (χ3v) is 7.69. The summed E-state index contributed by atoms with van der Waals surface area (Å²) in [6.45, 7) is -4.58. The first-order chi connectivity index (χ1) is 16.1. The van der Waals surface area contributed by atoms with Gasteiger partial charge in [0.15, 0.2) is 29.2 Å². The second kappa shape index (κ2) is 8.29. The third kappa shape index (κ3) is 3.68. The van der Waals surface area contributed by atoms with Crippen molar-refractivity contribution >= 4 is 35.6 Å². The van der Waals surface area contributed by atoms with Gasteiger partial charge in [0.25, 0.3) is 12.0 Å².